The number of methoxy groups -OCH3 is 1. The average molecular weight is 460 g/mol. The van der Waals surface area contributed by atoms with Crippen molar-refractivity contribution in [3.05, 3.63) is 96.7 Å². The molecular weight excluding hydrogens is 438 g/mol. The first-order valence-electron chi connectivity index (χ1n) is 10.3. The van der Waals surface area contributed by atoms with Crippen LogP contribution in [0.4, 0.5) is 0 Å². The molecule has 0 saturated heterocycles. The van der Waals surface area contributed by atoms with Crippen LogP contribution in [-0.2, 0) is 9.53 Å². The number of hydrogen-bond acceptors (Lipinski definition) is 7. The van der Waals surface area contributed by atoms with Gasteiger partial charge in [-0.15, -0.1) is 0 Å². The van der Waals surface area contributed by atoms with Gasteiger partial charge < -0.3 is 9.47 Å². The molecule has 0 radical (unpaired) electrons. The third-order valence-corrected chi connectivity index (χ3v) is 6.21. The first kappa shape index (κ1) is 22.2. The smallest absolute Gasteiger partial charge is 0.338 e. The number of esters is 1. The lowest BCUT2D eigenvalue weighted by Crippen LogP contribution is -2.40. The van der Waals surface area contributed by atoms with Gasteiger partial charge in [0.1, 0.15) is 11.8 Å². The lowest BCUT2D eigenvalue weighted by Gasteiger charge is -2.25. The first-order chi connectivity index (χ1) is 16.1. The molecule has 0 bridgehead atoms. The van der Waals surface area contributed by atoms with Crippen molar-refractivity contribution in [2.24, 2.45) is 4.99 Å². The summed E-state index contributed by atoms with van der Waals surface area (Å²) in [5.74, 6) is 0.0440. The highest BCUT2D eigenvalue weighted by molar-refractivity contribution is 7.07. The number of hydrogen-bond donors (Lipinski definition) is 0. The molecule has 0 aliphatic carbocycles. The number of benzene rings is 2. The number of carbonyl (C=O) groups is 1. The van der Waals surface area contributed by atoms with Gasteiger partial charge >= 0.3 is 5.97 Å². The van der Waals surface area contributed by atoms with Crippen LogP contribution in [0.2, 0.25) is 0 Å². The van der Waals surface area contributed by atoms with E-state index in [9.17, 15) is 9.59 Å². The summed E-state index contributed by atoms with van der Waals surface area (Å²) >= 11 is 1.27. The van der Waals surface area contributed by atoms with Crippen molar-refractivity contribution in [2.75, 3.05) is 13.7 Å². The number of rotatable bonds is 6. The quantitative estimate of drug-likeness (QED) is 0.529. The van der Waals surface area contributed by atoms with Crippen LogP contribution < -0.4 is 19.6 Å². The first-order valence-corrected chi connectivity index (χ1v) is 11.2. The van der Waals surface area contributed by atoms with Crippen molar-refractivity contribution >= 4 is 23.4 Å². The van der Waals surface area contributed by atoms with E-state index in [1.807, 2.05) is 49.4 Å². The van der Waals surface area contributed by atoms with E-state index in [2.05, 4.69) is 4.99 Å². The molecule has 33 heavy (non-hydrogen) atoms. The summed E-state index contributed by atoms with van der Waals surface area (Å²) in [4.78, 5) is 31.5. The predicted molar refractivity (Wildman–Crippen MR) is 124 cm³/mol. The largest absolute Gasteiger partial charge is 0.479 e. The second-order valence-electron chi connectivity index (χ2n) is 7.22. The summed E-state index contributed by atoms with van der Waals surface area (Å²) in [6.45, 7) is 1.86. The van der Waals surface area contributed by atoms with Crippen LogP contribution in [0, 0.1) is 11.3 Å². The second-order valence-corrected chi connectivity index (χ2v) is 8.23. The van der Waals surface area contributed by atoms with Gasteiger partial charge in [-0.25, -0.2) is 9.79 Å². The molecule has 3 aromatic rings. The summed E-state index contributed by atoms with van der Waals surface area (Å²) in [6, 6.07) is 17.9. The van der Waals surface area contributed by atoms with Crippen LogP contribution >= 0.6 is 11.3 Å². The molecule has 1 aliphatic heterocycles. The van der Waals surface area contributed by atoms with Gasteiger partial charge in [0.2, 0.25) is 0 Å². The van der Waals surface area contributed by atoms with Crippen molar-refractivity contribution in [2.45, 2.75) is 19.4 Å². The molecule has 2 aromatic carbocycles. The van der Waals surface area contributed by atoms with Crippen LogP contribution in [0.25, 0.3) is 6.08 Å². The van der Waals surface area contributed by atoms with E-state index < -0.39 is 12.0 Å². The molecule has 0 spiro atoms. The minimum Gasteiger partial charge on any atom is -0.479 e. The molecule has 4 rings (SSSR count). The third kappa shape index (κ3) is 4.36. The maximum Gasteiger partial charge on any atom is 0.338 e. The van der Waals surface area contributed by atoms with Gasteiger partial charge in [0, 0.05) is 0 Å². The van der Waals surface area contributed by atoms with Gasteiger partial charge in [-0.05, 0) is 35.8 Å². The van der Waals surface area contributed by atoms with Crippen molar-refractivity contribution in [1.82, 2.24) is 4.57 Å². The number of thiazole rings is 1. The summed E-state index contributed by atoms with van der Waals surface area (Å²) in [5, 5.41) is 8.73. The van der Waals surface area contributed by atoms with E-state index in [1.165, 1.54) is 18.4 Å². The van der Waals surface area contributed by atoms with Gasteiger partial charge in [-0.2, -0.15) is 5.26 Å². The number of carbonyl (C=O) groups excluding carboxylic acids is 1. The van der Waals surface area contributed by atoms with Gasteiger partial charge in [0.05, 0.1) is 29.0 Å². The highest BCUT2D eigenvalue weighted by atomic mass is 32.1. The Labute approximate surface area is 194 Å². The SMILES string of the molecule is CCC1=C(C(=O)OC)[C@H](c2ccccc2)n2c(s/c(=C/c3cccc(OCC#N)c3)c2=O)=N1. The van der Waals surface area contributed by atoms with Crippen molar-refractivity contribution in [3.63, 3.8) is 0 Å². The molecule has 0 saturated carbocycles. The Kier molecular flexibility index (Phi) is 6.52. The van der Waals surface area contributed by atoms with Crippen molar-refractivity contribution in [3.8, 4) is 11.8 Å². The second kappa shape index (κ2) is 9.67. The molecule has 166 valence electrons. The Bertz CT molecular complexity index is 1450. The standard InChI is InChI=1S/C25H21N3O4S/c1-3-19-21(24(30)31-2)22(17-9-5-4-6-10-17)28-23(29)20(33-25(28)27-19)15-16-8-7-11-18(14-16)32-13-12-26/h4-11,14-15,22H,3,13H2,1-2H3/b20-15+/t22-/m0/s1. The zero-order valence-corrected chi connectivity index (χ0v) is 19.0. The molecule has 1 aromatic heterocycles. The Balaban J connectivity index is 1.91. The molecule has 8 heteroatoms. The Morgan fingerprint density at radius 1 is 1.24 bits per heavy atom. The minimum absolute atomic E-state index is 0.0567. The average Bonchev–Trinajstić information content (AvgIpc) is 3.16. The normalized spacial score (nSPS) is 15.4. The lowest BCUT2D eigenvalue weighted by atomic mass is 9.95. The molecule has 0 unspecified atom stereocenters. The molecule has 2 heterocycles. The fourth-order valence-electron chi connectivity index (χ4n) is 3.78. The van der Waals surface area contributed by atoms with Crippen LogP contribution in [0.15, 0.2) is 75.7 Å². The van der Waals surface area contributed by atoms with Gasteiger partial charge in [-0.3, -0.25) is 9.36 Å². The molecule has 1 atom stereocenters. The highest BCUT2D eigenvalue weighted by Gasteiger charge is 2.33. The summed E-state index contributed by atoms with van der Waals surface area (Å²) in [7, 11) is 1.33. The maximum absolute atomic E-state index is 13.5. The lowest BCUT2D eigenvalue weighted by molar-refractivity contribution is -0.136. The fourth-order valence-corrected chi connectivity index (χ4v) is 4.80. The maximum atomic E-state index is 13.5. The summed E-state index contributed by atoms with van der Waals surface area (Å²) in [6.07, 6.45) is 2.29. The van der Waals surface area contributed by atoms with Crippen LogP contribution in [0.3, 0.4) is 0 Å². The van der Waals surface area contributed by atoms with Crippen LogP contribution in [0.1, 0.15) is 30.5 Å². The Morgan fingerprint density at radius 2 is 2.03 bits per heavy atom. The topological polar surface area (TPSA) is 93.7 Å². The van der Waals surface area contributed by atoms with Crippen LogP contribution in [-0.4, -0.2) is 24.3 Å². The van der Waals surface area contributed by atoms with Crippen molar-refractivity contribution in [1.29, 1.82) is 5.26 Å². The molecule has 7 nitrogen and oxygen atoms in total. The summed E-state index contributed by atoms with van der Waals surface area (Å²) in [5.41, 5.74) is 2.30. The predicted octanol–water partition coefficient (Wildman–Crippen LogP) is 2.70. The molecule has 0 fully saturated rings. The van der Waals surface area contributed by atoms with E-state index in [0.717, 1.165) is 11.1 Å². The molecular formula is C25H21N3O4S. The monoisotopic (exact) mass is 459 g/mol. The number of nitriles is 1. The minimum atomic E-state index is -0.628. The van der Waals surface area contributed by atoms with Gasteiger partial charge in [0.15, 0.2) is 11.4 Å². The Morgan fingerprint density at radius 3 is 2.73 bits per heavy atom. The Hall–Kier alpha value is -3.96. The molecule has 0 N–H and O–H groups in total. The van der Waals surface area contributed by atoms with E-state index in [0.29, 0.717) is 32.8 Å². The third-order valence-electron chi connectivity index (χ3n) is 5.22. The van der Waals surface area contributed by atoms with Gasteiger partial charge in [0.25, 0.3) is 5.56 Å². The highest BCUT2D eigenvalue weighted by Crippen LogP contribution is 2.31. The van der Waals surface area contributed by atoms with E-state index >= 15 is 0 Å². The molecule has 0 amide bonds. The summed E-state index contributed by atoms with van der Waals surface area (Å²) < 4.78 is 12.5. The number of ether oxygens (including phenoxy) is 2. The zero-order chi connectivity index (χ0) is 23.4. The van der Waals surface area contributed by atoms with Crippen molar-refractivity contribution < 1.29 is 14.3 Å². The number of fused-ring (bicyclic) bond motifs is 1. The zero-order valence-electron chi connectivity index (χ0n) is 18.1. The van der Waals surface area contributed by atoms with E-state index in [-0.39, 0.29) is 12.2 Å². The fraction of sp³-hybridized carbons (Fsp3) is 0.200. The number of aromatic nitrogens is 1. The van der Waals surface area contributed by atoms with Crippen LogP contribution in [0.5, 0.6) is 5.75 Å². The van der Waals surface area contributed by atoms with E-state index in [4.69, 9.17) is 14.7 Å². The molecule has 1 aliphatic rings. The number of nitrogens with zero attached hydrogens (tertiary/aromatic N) is 3. The van der Waals surface area contributed by atoms with E-state index in [1.54, 1.807) is 28.8 Å². The number of allylic oxidation sites excluding steroid dienone is 1. The van der Waals surface area contributed by atoms with Gasteiger partial charge in [-0.1, -0.05) is 60.7 Å².